The first-order valence-corrected chi connectivity index (χ1v) is 13.3. The Balaban J connectivity index is 0.00000274. The molecule has 5 aromatic rings. The summed E-state index contributed by atoms with van der Waals surface area (Å²) in [6, 6.07) is 43.6. The van der Waals surface area contributed by atoms with Crippen LogP contribution in [0, 0.1) is 11.3 Å². The average molecular weight is 525 g/mol. The number of nitrogens with zero attached hydrogens (tertiary/aromatic N) is 2. The van der Waals surface area contributed by atoms with Gasteiger partial charge in [0.1, 0.15) is 29.3 Å². The summed E-state index contributed by atoms with van der Waals surface area (Å²) >= 11 is 0. The van der Waals surface area contributed by atoms with Gasteiger partial charge in [0.05, 0.1) is 17.3 Å². The summed E-state index contributed by atoms with van der Waals surface area (Å²) in [6.07, 6.45) is 0.926. The standard InChI is InChI=1S/C30H26N2P.BrH/c1-2-32-26(21-25-19-18-24(22-31)20-30(25)32)23-33(27-12-6-3-7-13-27,28-14-8-4-9-15-28)29-16-10-5-11-17-29;/h3-21H,2,23H2,1H3;1H/q+1;/p-1. The van der Waals surface area contributed by atoms with Gasteiger partial charge in [-0.15, -0.1) is 0 Å². The van der Waals surface area contributed by atoms with Gasteiger partial charge in [-0.25, -0.2) is 0 Å². The number of hydrogen-bond donors (Lipinski definition) is 0. The first-order chi connectivity index (χ1) is 16.3. The van der Waals surface area contributed by atoms with Gasteiger partial charge in [0.2, 0.25) is 0 Å². The van der Waals surface area contributed by atoms with Crippen molar-refractivity contribution in [1.29, 1.82) is 5.26 Å². The zero-order valence-corrected chi connectivity index (χ0v) is 21.6. The second-order valence-corrected chi connectivity index (χ2v) is 11.7. The quantitative estimate of drug-likeness (QED) is 0.314. The van der Waals surface area contributed by atoms with Gasteiger partial charge in [-0.2, -0.15) is 5.26 Å². The molecule has 0 atom stereocenters. The fraction of sp³-hybridized carbons (Fsp3) is 0.100. The monoisotopic (exact) mass is 524 g/mol. The fourth-order valence-corrected chi connectivity index (χ4v) is 9.13. The maximum absolute atomic E-state index is 9.45. The van der Waals surface area contributed by atoms with E-state index in [1.54, 1.807) is 0 Å². The summed E-state index contributed by atoms with van der Waals surface area (Å²) in [5, 5.41) is 14.8. The van der Waals surface area contributed by atoms with Crippen LogP contribution in [0.4, 0.5) is 0 Å². The van der Waals surface area contributed by atoms with Crippen LogP contribution in [0.15, 0.2) is 115 Å². The van der Waals surface area contributed by atoms with E-state index in [0.717, 1.165) is 18.2 Å². The molecule has 4 heteroatoms. The van der Waals surface area contributed by atoms with Crippen LogP contribution in [-0.4, -0.2) is 4.57 Å². The van der Waals surface area contributed by atoms with Crippen LogP contribution < -0.4 is 32.9 Å². The molecule has 0 aliphatic carbocycles. The van der Waals surface area contributed by atoms with Crippen molar-refractivity contribution < 1.29 is 17.0 Å². The highest BCUT2D eigenvalue weighted by Crippen LogP contribution is 2.58. The summed E-state index contributed by atoms with van der Waals surface area (Å²) in [7, 11) is -1.98. The number of fused-ring (bicyclic) bond motifs is 1. The highest BCUT2D eigenvalue weighted by Gasteiger charge is 2.46. The summed E-state index contributed by atoms with van der Waals surface area (Å²) in [4.78, 5) is 0. The summed E-state index contributed by atoms with van der Waals surface area (Å²) in [5.41, 5.74) is 3.16. The van der Waals surface area contributed by atoms with Gasteiger partial charge in [0.25, 0.3) is 0 Å². The van der Waals surface area contributed by atoms with E-state index in [-0.39, 0.29) is 17.0 Å². The minimum absolute atomic E-state index is 0. The molecule has 0 radical (unpaired) electrons. The second-order valence-electron chi connectivity index (χ2n) is 8.24. The zero-order valence-electron chi connectivity index (χ0n) is 19.1. The average Bonchev–Trinajstić information content (AvgIpc) is 3.24. The number of hydrogen-bond acceptors (Lipinski definition) is 1. The number of nitriles is 1. The molecule has 0 unspecified atom stereocenters. The molecule has 2 nitrogen and oxygen atoms in total. The Labute approximate surface area is 212 Å². The van der Waals surface area contributed by atoms with Crippen LogP contribution in [0.2, 0.25) is 0 Å². The van der Waals surface area contributed by atoms with Crippen molar-refractivity contribution in [2.75, 3.05) is 0 Å². The molecule has 4 aromatic carbocycles. The Morgan fingerprint density at radius 3 is 1.65 bits per heavy atom. The van der Waals surface area contributed by atoms with Crippen LogP contribution in [-0.2, 0) is 12.7 Å². The molecular weight excluding hydrogens is 499 g/mol. The van der Waals surface area contributed by atoms with Crippen molar-refractivity contribution in [2.45, 2.75) is 19.6 Å². The van der Waals surface area contributed by atoms with Crippen LogP contribution in [0.5, 0.6) is 0 Å². The lowest BCUT2D eigenvalue weighted by atomic mass is 10.2. The molecule has 0 aliphatic heterocycles. The Morgan fingerprint density at radius 1 is 0.706 bits per heavy atom. The largest absolute Gasteiger partial charge is 1.00 e. The minimum atomic E-state index is -1.98. The van der Waals surface area contributed by atoms with E-state index in [9.17, 15) is 5.26 Å². The normalized spacial score (nSPS) is 11.1. The summed E-state index contributed by atoms with van der Waals surface area (Å²) < 4.78 is 2.39. The van der Waals surface area contributed by atoms with E-state index in [2.05, 4.69) is 121 Å². The third kappa shape index (κ3) is 4.21. The van der Waals surface area contributed by atoms with Crippen LogP contribution in [0.1, 0.15) is 18.2 Å². The van der Waals surface area contributed by atoms with Crippen molar-refractivity contribution in [3.8, 4) is 6.07 Å². The molecule has 0 fully saturated rings. The van der Waals surface area contributed by atoms with E-state index in [0.29, 0.717) is 5.56 Å². The van der Waals surface area contributed by atoms with E-state index in [1.807, 2.05) is 12.1 Å². The molecule has 0 saturated carbocycles. The van der Waals surface area contributed by atoms with Gasteiger partial charge in [0.15, 0.2) is 0 Å². The Kier molecular flexibility index (Phi) is 7.32. The zero-order chi connectivity index (χ0) is 22.7. The number of aromatic nitrogens is 1. The molecule has 5 rings (SSSR count). The van der Waals surface area contributed by atoms with Crippen molar-refractivity contribution >= 4 is 34.1 Å². The predicted octanol–water partition coefficient (Wildman–Crippen LogP) is 3.03. The molecule has 168 valence electrons. The van der Waals surface area contributed by atoms with Crippen molar-refractivity contribution in [3.05, 3.63) is 127 Å². The lowest BCUT2D eigenvalue weighted by Crippen LogP contribution is -3.00. The Morgan fingerprint density at radius 2 is 1.21 bits per heavy atom. The smallest absolute Gasteiger partial charge is 0.118 e. The molecule has 0 bridgehead atoms. The molecule has 1 heterocycles. The summed E-state index contributed by atoms with van der Waals surface area (Å²) in [5.74, 6) is 0. The number of rotatable bonds is 6. The van der Waals surface area contributed by atoms with Gasteiger partial charge in [-0.05, 0) is 61.5 Å². The van der Waals surface area contributed by atoms with Crippen LogP contribution in [0.3, 0.4) is 0 Å². The Hall–Kier alpha value is -3.18. The third-order valence-electron chi connectivity index (χ3n) is 6.43. The van der Waals surface area contributed by atoms with Gasteiger partial charge >= 0.3 is 0 Å². The SMILES string of the molecule is CCn1c(C[P+](c2ccccc2)(c2ccccc2)c2ccccc2)cc2ccc(C#N)cc21.[Br-]. The summed E-state index contributed by atoms with van der Waals surface area (Å²) in [6.45, 7) is 3.06. The van der Waals surface area contributed by atoms with E-state index >= 15 is 0 Å². The van der Waals surface area contributed by atoms with E-state index in [4.69, 9.17) is 0 Å². The third-order valence-corrected chi connectivity index (χ3v) is 10.8. The first kappa shape index (κ1) is 24.0. The molecule has 0 spiro atoms. The first-order valence-electron chi connectivity index (χ1n) is 11.3. The van der Waals surface area contributed by atoms with Gasteiger partial charge in [0, 0.05) is 17.4 Å². The van der Waals surface area contributed by atoms with Crippen molar-refractivity contribution in [2.24, 2.45) is 0 Å². The molecule has 0 saturated heterocycles. The molecule has 0 N–H and O–H groups in total. The molecule has 34 heavy (non-hydrogen) atoms. The van der Waals surface area contributed by atoms with Gasteiger partial charge in [-0.3, -0.25) is 0 Å². The number of benzene rings is 4. The van der Waals surface area contributed by atoms with E-state index < -0.39 is 7.26 Å². The second kappa shape index (κ2) is 10.4. The highest BCUT2D eigenvalue weighted by molar-refractivity contribution is 7.95. The molecule has 1 aromatic heterocycles. The highest BCUT2D eigenvalue weighted by atomic mass is 79.9. The van der Waals surface area contributed by atoms with Crippen LogP contribution >= 0.6 is 7.26 Å². The lowest BCUT2D eigenvalue weighted by molar-refractivity contribution is -0.00000671. The van der Waals surface area contributed by atoms with Crippen LogP contribution in [0.25, 0.3) is 10.9 Å². The molecule has 0 aliphatic rings. The predicted molar refractivity (Wildman–Crippen MR) is 141 cm³/mol. The number of aryl methyl sites for hydroxylation is 1. The van der Waals surface area contributed by atoms with E-state index in [1.165, 1.54) is 27.0 Å². The van der Waals surface area contributed by atoms with Crippen molar-refractivity contribution in [1.82, 2.24) is 4.57 Å². The molecule has 0 amide bonds. The maximum Gasteiger partial charge on any atom is 0.118 e. The Bertz CT molecular complexity index is 1320. The fourth-order valence-electron chi connectivity index (χ4n) is 4.90. The molecular formula is C30H26BrN2P. The van der Waals surface area contributed by atoms with Gasteiger partial charge < -0.3 is 21.5 Å². The maximum atomic E-state index is 9.45. The van der Waals surface area contributed by atoms with Gasteiger partial charge in [-0.1, -0.05) is 60.7 Å². The number of halogens is 1. The lowest BCUT2D eigenvalue weighted by Gasteiger charge is -2.28. The topological polar surface area (TPSA) is 28.7 Å². The minimum Gasteiger partial charge on any atom is -1.00 e. The van der Waals surface area contributed by atoms with Crippen molar-refractivity contribution in [3.63, 3.8) is 0 Å².